The molecular formula is C9H17N. The van der Waals surface area contributed by atoms with Crippen molar-refractivity contribution in [1.82, 2.24) is 5.32 Å². The van der Waals surface area contributed by atoms with Crippen LogP contribution in [0.15, 0.2) is 0 Å². The van der Waals surface area contributed by atoms with Crippen molar-refractivity contribution in [2.24, 2.45) is 5.92 Å². The summed E-state index contributed by atoms with van der Waals surface area (Å²) < 4.78 is 0. The molecule has 0 aromatic carbocycles. The Hall–Kier alpha value is -0.0400. The molecule has 1 nitrogen and oxygen atoms in total. The van der Waals surface area contributed by atoms with Crippen molar-refractivity contribution in [1.29, 1.82) is 0 Å². The normalized spacial score (nSPS) is 40.8. The van der Waals surface area contributed by atoms with Gasteiger partial charge < -0.3 is 5.32 Å². The van der Waals surface area contributed by atoms with Gasteiger partial charge in [-0.25, -0.2) is 0 Å². The molecule has 1 aliphatic heterocycles. The largest absolute Gasteiger partial charge is 0.314 e. The molecule has 2 rings (SSSR count). The summed E-state index contributed by atoms with van der Waals surface area (Å²) in [6.07, 6.45) is 8.83. The lowest BCUT2D eigenvalue weighted by molar-refractivity contribution is 0.428. The molecule has 2 unspecified atom stereocenters. The minimum atomic E-state index is 0.894. The van der Waals surface area contributed by atoms with Gasteiger partial charge >= 0.3 is 0 Å². The van der Waals surface area contributed by atoms with E-state index in [1.165, 1.54) is 45.1 Å². The summed E-state index contributed by atoms with van der Waals surface area (Å²) >= 11 is 0. The first-order valence-corrected chi connectivity index (χ1v) is 4.68. The third-order valence-corrected chi connectivity index (χ3v) is 2.98. The van der Waals surface area contributed by atoms with Gasteiger partial charge in [0, 0.05) is 6.04 Å². The minimum absolute atomic E-state index is 0.894. The minimum Gasteiger partial charge on any atom is -0.314 e. The molecule has 1 saturated carbocycles. The molecule has 2 fully saturated rings. The van der Waals surface area contributed by atoms with Crippen molar-refractivity contribution < 1.29 is 0 Å². The molecule has 1 saturated heterocycles. The second kappa shape index (κ2) is 2.91. The van der Waals surface area contributed by atoms with Crippen LogP contribution in [0.3, 0.4) is 0 Å². The van der Waals surface area contributed by atoms with Crippen LogP contribution in [0.4, 0.5) is 0 Å². The van der Waals surface area contributed by atoms with E-state index in [0.717, 1.165) is 12.0 Å². The highest BCUT2D eigenvalue weighted by atomic mass is 14.9. The molecule has 1 heterocycles. The molecule has 2 aliphatic rings. The smallest absolute Gasteiger partial charge is 0.00702 e. The molecule has 1 aliphatic carbocycles. The van der Waals surface area contributed by atoms with Gasteiger partial charge in [-0.1, -0.05) is 19.3 Å². The van der Waals surface area contributed by atoms with Crippen LogP contribution in [-0.2, 0) is 0 Å². The first-order chi connectivity index (χ1) is 4.95. The van der Waals surface area contributed by atoms with Crippen LogP contribution in [0.1, 0.15) is 38.5 Å². The van der Waals surface area contributed by atoms with Crippen molar-refractivity contribution in [2.45, 2.75) is 44.6 Å². The summed E-state index contributed by atoms with van der Waals surface area (Å²) in [5, 5.41) is 3.60. The van der Waals surface area contributed by atoms with E-state index in [-0.39, 0.29) is 0 Å². The summed E-state index contributed by atoms with van der Waals surface area (Å²) in [5.41, 5.74) is 0. The highest BCUT2D eigenvalue weighted by Crippen LogP contribution is 2.26. The van der Waals surface area contributed by atoms with E-state index >= 15 is 0 Å². The van der Waals surface area contributed by atoms with E-state index < -0.39 is 0 Å². The van der Waals surface area contributed by atoms with E-state index in [1.54, 1.807) is 0 Å². The maximum Gasteiger partial charge on any atom is 0.00702 e. The van der Waals surface area contributed by atoms with Gasteiger partial charge in [0.1, 0.15) is 0 Å². The van der Waals surface area contributed by atoms with Gasteiger partial charge in [-0.05, 0) is 31.7 Å². The molecule has 10 heavy (non-hydrogen) atoms. The van der Waals surface area contributed by atoms with E-state index in [2.05, 4.69) is 5.32 Å². The van der Waals surface area contributed by atoms with E-state index in [1.807, 2.05) is 0 Å². The SMILES string of the molecule is C1CCC2CNC(CC1)C2. The standard InChI is InChI=1S/C9H17N/c1-2-4-8-6-9(5-3-1)10-7-8/h8-10H,1-7H2. The van der Waals surface area contributed by atoms with E-state index in [4.69, 9.17) is 0 Å². The van der Waals surface area contributed by atoms with Gasteiger partial charge in [-0.2, -0.15) is 0 Å². The summed E-state index contributed by atoms with van der Waals surface area (Å²) in [7, 11) is 0. The van der Waals surface area contributed by atoms with Gasteiger partial charge in [0.2, 0.25) is 0 Å². The lowest BCUT2D eigenvalue weighted by Gasteiger charge is -2.13. The Bertz CT molecular complexity index is 99.3. The first-order valence-electron chi connectivity index (χ1n) is 4.68. The second-order valence-electron chi connectivity index (χ2n) is 3.84. The topological polar surface area (TPSA) is 12.0 Å². The van der Waals surface area contributed by atoms with Crippen molar-refractivity contribution in [3.8, 4) is 0 Å². The molecule has 0 amide bonds. The number of rotatable bonds is 0. The van der Waals surface area contributed by atoms with Crippen LogP contribution in [0.2, 0.25) is 0 Å². The molecule has 2 atom stereocenters. The molecular weight excluding hydrogens is 122 g/mol. The zero-order valence-electron chi connectivity index (χ0n) is 6.60. The Labute approximate surface area is 63.2 Å². The maximum atomic E-state index is 3.60. The quantitative estimate of drug-likeness (QED) is 0.540. The molecule has 2 bridgehead atoms. The van der Waals surface area contributed by atoms with Gasteiger partial charge in [0.05, 0.1) is 0 Å². The number of nitrogens with one attached hydrogen (secondary N) is 1. The van der Waals surface area contributed by atoms with Gasteiger partial charge in [0.25, 0.3) is 0 Å². The summed E-state index contributed by atoms with van der Waals surface area (Å²) in [6, 6.07) is 0.894. The average molecular weight is 139 g/mol. The van der Waals surface area contributed by atoms with E-state index in [0.29, 0.717) is 0 Å². The Balaban J connectivity index is 1.91. The highest BCUT2D eigenvalue weighted by molar-refractivity contribution is 4.82. The van der Waals surface area contributed by atoms with Crippen LogP contribution < -0.4 is 5.32 Å². The van der Waals surface area contributed by atoms with Crippen LogP contribution in [-0.4, -0.2) is 12.6 Å². The number of fused-ring (bicyclic) bond motifs is 2. The van der Waals surface area contributed by atoms with Crippen LogP contribution in [0.25, 0.3) is 0 Å². The lowest BCUT2D eigenvalue weighted by Crippen LogP contribution is -2.20. The second-order valence-corrected chi connectivity index (χ2v) is 3.84. The van der Waals surface area contributed by atoms with Crippen molar-refractivity contribution >= 4 is 0 Å². The Kier molecular flexibility index (Phi) is 1.94. The fraction of sp³-hybridized carbons (Fsp3) is 1.00. The van der Waals surface area contributed by atoms with Crippen molar-refractivity contribution in [2.75, 3.05) is 6.54 Å². The number of hydrogen-bond acceptors (Lipinski definition) is 1. The van der Waals surface area contributed by atoms with Crippen LogP contribution >= 0.6 is 0 Å². The van der Waals surface area contributed by atoms with E-state index in [9.17, 15) is 0 Å². The zero-order valence-corrected chi connectivity index (χ0v) is 6.60. The van der Waals surface area contributed by atoms with Crippen molar-refractivity contribution in [3.63, 3.8) is 0 Å². The molecule has 1 N–H and O–H groups in total. The Morgan fingerprint density at radius 1 is 1.00 bits per heavy atom. The molecule has 0 aromatic rings. The Morgan fingerprint density at radius 3 is 2.90 bits per heavy atom. The Morgan fingerprint density at radius 2 is 1.90 bits per heavy atom. The maximum absolute atomic E-state index is 3.60. The molecule has 0 radical (unpaired) electrons. The predicted octanol–water partition coefficient (Wildman–Crippen LogP) is 1.93. The third kappa shape index (κ3) is 1.34. The number of hydrogen-bond donors (Lipinski definition) is 1. The molecule has 58 valence electrons. The van der Waals surface area contributed by atoms with Crippen LogP contribution in [0.5, 0.6) is 0 Å². The highest BCUT2D eigenvalue weighted by Gasteiger charge is 2.24. The molecule has 0 spiro atoms. The summed E-state index contributed by atoms with van der Waals surface area (Å²) in [5.74, 6) is 1.03. The van der Waals surface area contributed by atoms with Gasteiger partial charge in [0.15, 0.2) is 0 Å². The van der Waals surface area contributed by atoms with Gasteiger partial charge in [-0.3, -0.25) is 0 Å². The summed E-state index contributed by atoms with van der Waals surface area (Å²) in [6.45, 7) is 1.31. The van der Waals surface area contributed by atoms with Crippen molar-refractivity contribution in [3.05, 3.63) is 0 Å². The molecule has 0 aromatic heterocycles. The fourth-order valence-electron chi connectivity index (χ4n) is 2.34. The average Bonchev–Trinajstić information content (AvgIpc) is 2.30. The zero-order chi connectivity index (χ0) is 6.81. The van der Waals surface area contributed by atoms with Gasteiger partial charge in [-0.15, -0.1) is 0 Å². The lowest BCUT2D eigenvalue weighted by atomic mass is 9.93. The fourth-order valence-corrected chi connectivity index (χ4v) is 2.34. The predicted molar refractivity (Wildman–Crippen MR) is 43.0 cm³/mol. The third-order valence-electron chi connectivity index (χ3n) is 2.98. The summed E-state index contributed by atoms with van der Waals surface area (Å²) in [4.78, 5) is 0. The molecule has 1 heteroatoms. The monoisotopic (exact) mass is 139 g/mol. The first kappa shape index (κ1) is 6.66. The van der Waals surface area contributed by atoms with Crippen LogP contribution in [0, 0.1) is 5.92 Å².